The minimum atomic E-state index is -4.97. The molecule has 0 aliphatic rings. The molecule has 0 aliphatic heterocycles. The number of phosphoric acid groups is 1. The molecule has 10 nitrogen and oxygen atoms in total. The van der Waals surface area contributed by atoms with Crippen LogP contribution in [0.15, 0.2) is 237 Å². The molecule has 0 aliphatic carbocycles. The predicted molar refractivity (Wildman–Crippen MR) is 302 cm³/mol. The molecule has 392 valence electrons. The van der Waals surface area contributed by atoms with Crippen molar-refractivity contribution in [2.75, 3.05) is 0 Å². The first kappa shape index (κ1) is 53.2. The standard InChI is InChI=1S/C66H63O10P/c1-46(68-52-28-13-7-14-29-52)58-40-25-43-61(64(58)49(4)71-55-34-19-10-20-35-55)74-77(67,75-62-44-26-41-59(47(2)69-53-30-15-8-16-31-53)65(62)50(5)72-56-36-21-11-22-37-56)76-63-45-27-42-60(48(3)70-54-32-17-9-18-33-54)66(63)51(6)73-57-38-23-12-24-39-57/h7-51H,1-6H3. The van der Waals surface area contributed by atoms with E-state index in [2.05, 4.69) is 0 Å². The van der Waals surface area contributed by atoms with Crippen LogP contribution in [0.2, 0.25) is 0 Å². The molecule has 6 unspecified atom stereocenters. The van der Waals surface area contributed by atoms with Crippen LogP contribution in [0.5, 0.6) is 51.7 Å². The van der Waals surface area contributed by atoms with Gasteiger partial charge in [0.15, 0.2) is 0 Å². The van der Waals surface area contributed by atoms with E-state index in [-0.39, 0.29) is 17.2 Å². The summed E-state index contributed by atoms with van der Waals surface area (Å²) in [5.74, 6) is 4.39. The van der Waals surface area contributed by atoms with Crippen molar-refractivity contribution in [3.63, 3.8) is 0 Å². The van der Waals surface area contributed by atoms with Crippen LogP contribution in [-0.2, 0) is 4.57 Å². The van der Waals surface area contributed by atoms with E-state index in [1.54, 1.807) is 18.2 Å². The fourth-order valence-corrected chi connectivity index (χ4v) is 10.6. The lowest BCUT2D eigenvalue weighted by molar-refractivity contribution is 0.195. The Morgan fingerprint density at radius 3 is 0.649 bits per heavy atom. The van der Waals surface area contributed by atoms with Gasteiger partial charge in [-0.05, 0) is 133 Å². The Kier molecular flexibility index (Phi) is 17.5. The molecule has 0 saturated carbocycles. The second-order valence-corrected chi connectivity index (χ2v) is 19.9. The lowest BCUT2D eigenvalue weighted by Gasteiger charge is -2.30. The molecule has 77 heavy (non-hydrogen) atoms. The number of hydrogen-bond acceptors (Lipinski definition) is 10. The van der Waals surface area contributed by atoms with Gasteiger partial charge >= 0.3 is 7.82 Å². The van der Waals surface area contributed by atoms with E-state index in [1.807, 2.05) is 260 Å². The van der Waals surface area contributed by atoms with Gasteiger partial charge in [0.25, 0.3) is 0 Å². The van der Waals surface area contributed by atoms with Crippen LogP contribution in [0.1, 0.15) is 112 Å². The molecule has 9 rings (SSSR count). The van der Waals surface area contributed by atoms with Crippen molar-refractivity contribution >= 4 is 7.82 Å². The summed E-state index contributed by atoms with van der Waals surface area (Å²) >= 11 is 0. The fraction of sp³-hybridized carbons (Fsp3) is 0.182. The Labute approximate surface area is 452 Å². The van der Waals surface area contributed by atoms with Crippen molar-refractivity contribution in [2.24, 2.45) is 0 Å². The molecule has 0 bridgehead atoms. The van der Waals surface area contributed by atoms with E-state index in [9.17, 15) is 0 Å². The van der Waals surface area contributed by atoms with Gasteiger partial charge in [-0.2, -0.15) is 4.57 Å². The van der Waals surface area contributed by atoms with E-state index >= 15 is 4.57 Å². The topological polar surface area (TPSA) is 100 Å². The van der Waals surface area contributed by atoms with Gasteiger partial charge in [-0.15, -0.1) is 0 Å². The number of rotatable bonds is 24. The first-order valence-corrected chi connectivity index (χ1v) is 27.3. The van der Waals surface area contributed by atoms with E-state index in [1.165, 1.54) is 0 Å². The number of benzene rings is 9. The molecule has 0 radical (unpaired) electrons. The fourth-order valence-electron chi connectivity index (χ4n) is 9.29. The largest absolute Gasteiger partial charge is 0.647 e. The highest BCUT2D eigenvalue weighted by molar-refractivity contribution is 7.49. The van der Waals surface area contributed by atoms with Crippen LogP contribution in [-0.4, -0.2) is 0 Å². The first-order valence-electron chi connectivity index (χ1n) is 25.9. The monoisotopic (exact) mass is 1050 g/mol. The maximum Gasteiger partial charge on any atom is 0.647 e. The summed E-state index contributed by atoms with van der Waals surface area (Å²) in [6.07, 6.45) is -3.63. The lowest BCUT2D eigenvalue weighted by Crippen LogP contribution is -2.18. The Bertz CT molecular complexity index is 2960. The highest BCUT2D eigenvalue weighted by Crippen LogP contribution is 2.55. The molecule has 9 aromatic carbocycles. The molecule has 0 saturated heterocycles. The summed E-state index contributed by atoms with van der Waals surface area (Å²) in [6, 6.07) is 73.7. The van der Waals surface area contributed by atoms with E-state index in [4.69, 9.17) is 42.0 Å². The molecule has 0 heterocycles. The van der Waals surface area contributed by atoms with Gasteiger partial charge in [-0.25, -0.2) is 0 Å². The van der Waals surface area contributed by atoms with E-state index < -0.39 is 44.4 Å². The van der Waals surface area contributed by atoms with Gasteiger partial charge in [-0.1, -0.05) is 146 Å². The van der Waals surface area contributed by atoms with Crippen LogP contribution >= 0.6 is 7.82 Å². The predicted octanol–water partition coefficient (Wildman–Crippen LogP) is 18.2. The van der Waals surface area contributed by atoms with Crippen molar-refractivity contribution in [2.45, 2.75) is 78.2 Å². The van der Waals surface area contributed by atoms with Crippen molar-refractivity contribution in [3.8, 4) is 51.7 Å². The lowest BCUT2D eigenvalue weighted by atomic mass is 9.98. The third-order valence-corrected chi connectivity index (χ3v) is 14.1. The van der Waals surface area contributed by atoms with E-state index in [0.29, 0.717) is 51.2 Å². The Morgan fingerprint density at radius 1 is 0.247 bits per heavy atom. The molecular weight excluding hydrogens is 984 g/mol. The van der Waals surface area contributed by atoms with Crippen LogP contribution in [0.3, 0.4) is 0 Å². The summed E-state index contributed by atoms with van der Waals surface area (Å²) in [5, 5.41) is 0. The van der Waals surface area contributed by atoms with Crippen molar-refractivity contribution < 1.29 is 46.6 Å². The van der Waals surface area contributed by atoms with Crippen molar-refractivity contribution in [1.29, 1.82) is 0 Å². The Morgan fingerprint density at radius 2 is 0.442 bits per heavy atom. The average molecular weight is 1050 g/mol. The average Bonchev–Trinajstić information content (AvgIpc) is 3.44. The second kappa shape index (κ2) is 25.3. The highest BCUT2D eigenvalue weighted by atomic mass is 31.2. The van der Waals surface area contributed by atoms with Crippen LogP contribution in [0, 0.1) is 0 Å². The van der Waals surface area contributed by atoms with Crippen LogP contribution in [0.25, 0.3) is 0 Å². The van der Waals surface area contributed by atoms with Gasteiger partial charge in [0, 0.05) is 33.4 Å². The summed E-state index contributed by atoms with van der Waals surface area (Å²) in [6.45, 7) is 11.6. The van der Waals surface area contributed by atoms with Crippen LogP contribution in [0.4, 0.5) is 0 Å². The summed E-state index contributed by atoms with van der Waals surface area (Å²) in [4.78, 5) is 0. The first-order chi connectivity index (χ1) is 37.5. The molecule has 0 spiro atoms. The number of para-hydroxylation sites is 6. The summed E-state index contributed by atoms with van der Waals surface area (Å²) < 4.78 is 77.3. The van der Waals surface area contributed by atoms with Gasteiger partial charge in [0.2, 0.25) is 0 Å². The molecule has 11 heteroatoms. The zero-order valence-electron chi connectivity index (χ0n) is 44.0. The third kappa shape index (κ3) is 13.8. The molecule has 6 atom stereocenters. The molecule has 9 aromatic rings. The SMILES string of the molecule is CC(Oc1ccccc1)c1cccc(OP(=O)(Oc2cccc(C(C)Oc3ccccc3)c2C(C)Oc2ccccc2)Oc2cccc(C(C)Oc3ccccc3)c2C(C)Oc2ccccc2)c1C(C)Oc1ccccc1. The highest BCUT2D eigenvalue weighted by Gasteiger charge is 2.40. The third-order valence-electron chi connectivity index (χ3n) is 12.8. The maximum absolute atomic E-state index is 16.8. The maximum atomic E-state index is 16.8. The zero-order chi connectivity index (χ0) is 53.6. The Hall–Kier alpha value is -8.59. The molecule has 0 aromatic heterocycles. The van der Waals surface area contributed by atoms with E-state index in [0.717, 1.165) is 16.7 Å². The number of phosphoric ester groups is 1. The number of hydrogen-bond donors (Lipinski definition) is 0. The number of ether oxygens (including phenoxy) is 6. The zero-order valence-corrected chi connectivity index (χ0v) is 44.9. The quantitative estimate of drug-likeness (QED) is 0.0544. The molecule has 0 N–H and O–H groups in total. The minimum absolute atomic E-state index is 0.178. The Balaban J connectivity index is 1.21. The van der Waals surface area contributed by atoms with Gasteiger partial charge in [0.1, 0.15) is 88.4 Å². The molecule has 0 fully saturated rings. The smallest absolute Gasteiger partial charge is 0.486 e. The van der Waals surface area contributed by atoms with Gasteiger partial charge in [-0.3, -0.25) is 0 Å². The second-order valence-electron chi connectivity index (χ2n) is 18.4. The van der Waals surface area contributed by atoms with Crippen LogP contribution < -0.4 is 42.0 Å². The van der Waals surface area contributed by atoms with Crippen molar-refractivity contribution in [3.05, 3.63) is 270 Å². The normalized spacial score (nSPS) is 14.2. The minimum Gasteiger partial charge on any atom is -0.486 e. The van der Waals surface area contributed by atoms with Crippen molar-refractivity contribution in [1.82, 2.24) is 0 Å². The van der Waals surface area contributed by atoms with Gasteiger partial charge in [0.05, 0.1) is 0 Å². The summed E-state index contributed by atoms with van der Waals surface area (Å²) in [7, 11) is -4.97. The summed E-state index contributed by atoms with van der Waals surface area (Å²) in [5.41, 5.74) is 3.85. The molecule has 0 amide bonds. The molecular formula is C66H63O10P. The van der Waals surface area contributed by atoms with Gasteiger partial charge < -0.3 is 42.0 Å².